The lowest BCUT2D eigenvalue weighted by atomic mass is 9.79. The maximum absolute atomic E-state index is 14.1. The average molecular weight is 681 g/mol. The number of hydrogen-bond donors (Lipinski definition) is 1. The number of piperidine rings is 1. The summed E-state index contributed by atoms with van der Waals surface area (Å²) in [6, 6.07) is 7.38. The van der Waals surface area contributed by atoms with Gasteiger partial charge in [-0.15, -0.1) is 11.3 Å². The van der Waals surface area contributed by atoms with Gasteiger partial charge in [0.05, 0.1) is 28.0 Å². The number of carboxylic acid groups (broad SMARTS) is 1. The van der Waals surface area contributed by atoms with Gasteiger partial charge < -0.3 is 9.84 Å². The molecule has 3 fully saturated rings. The molecule has 47 heavy (non-hydrogen) atoms. The van der Waals surface area contributed by atoms with Crippen molar-refractivity contribution in [1.82, 2.24) is 19.4 Å². The lowest BCUT2D eigenvalue weighted by Crippen LogP contribution is -2.49. The third-order valence-electron chi connectivity index (χ3n) is 11.0. The van der Waals surface area contributed by atoms with Crippen LogP contribution in [0.15, 0.2) is 34.4 Å². The number of aryl methyl sites for hydroxylation is 2. The van der Waals surface area contributed by atoms with Crippen LogP contribution in [0.3, 0.4) is 0 Å². The van der Waals surface area contributed by atoms with Crippen LogP contribution in [-0.2, 0) is 18.4 Å². The normalized spacial score (nSPS) is 22.0. The van der Waals surface area contributed by atoms with Crippen molar-refractivity contribution in [3.63, 3.8) is 0 Å². The van der Waals surface area contributed by atoms with Crippen molar-refractivity contribution < 1.29 is 23.4 Å². The Labute approximate surface area is 279 Å². The molecule has 8 nitrogen and oxygen atoms in total. The molecule has 1 atom stereocenters. The molecule has 4 aliphatic rings. The summed E-state index contributed by atoms with van der Waals surface area (Å²) in [6.07, 6.45) is 4.59. The van der Waals surface area contributed by atoms with Gasteiger partial charge in [0.1, 0.15) is 18.2 Å². The lowest BCUT2D eigenvalue weighted by Gasteiger charge is -2.42. The lowest BCUT2D eigenvalue weighted by molar-refractivity contribution is 0.0187. The maximum Gasteiger partial charge on any atom is 0.338 e. The van der Waals surface area contributed by atoms with E-state index in [4.69, 9.17) is 21.3 Å². The van der Waals surface area contributed by atoms with E-state index in [1.165, 1.54) is 11.3 Å². The molecule has 0 amide bonds. The fraction of sp³-hybridized carbons (Fsp3) is 0.486. The Bertz CT molecular complexity index is 2010. The first-order chi connectivity index (χ1) is 22.4. The van der Waals surface area contributed by atoms with Gasteiger partial charge in [0, 0.05) is 56.1 Å². The number of ether oxygens (including phenoxy) is 1. The summed E-state index contributed by atoms with van der Waals surface area (Å²) in [4.78, 5) is 37.7. The van der Waals surface area contributed by atoms with Crippen LogP contribution in [0.5, 0.6) is 5.75 Å². The van der Waals surface area contributed by atoms with Gasteiger partial charge in [0.15, 0.2) is 0 Å². The summed E-state index contributed by atoms with van der Waals surface area (Å²) in [5, 5.41) is 11.8. The zero-order valence-corrected chi connectivity index (χ0v) is 27.8. The number of rotatable bonds is 7. The molecule has 8 rings (SSSR count). The molecule has 2 saturated carbocycles. The van der Waals surface area contributed by atoms with Crippen molar-refractivity contribution in [3.05, 3.63) is 73.4 Å². The van der Waals surface area contributed by atoms with E-state index in [-0.39, 0.29) is 35.6 Å². The largest absolute Gasteiger partial charge is 0.491 e. The molecule has 2 spiro atoms. The number of thiophene rings is 1. The second-order valence-corrected chi connectivity index (χ2v) is 15.2. The van der Waals surface area contributed by atoms with Gasteiger partial charge in [-0.3, -0.25) is 19.2 Å². The number of benzene rings is 1. The minimum Gasteiger partial charge on any atom is -0.491 e. The molecule has 1 saturated heterocycles. The van der Waals surface area contributed by atoms with Crippen molar-refractivity contribution in [2.24, 2.45) is 5.41 Å². The molecule has 1 aromatic carbocycles. The summed E-state index contributed by atoms with van der Waals surface area (Å²) < 4.78 is 36.8. The Balaban J connectivity index is 1.04. The minimum absolute atomic E-state index is 0.0188. The standard InChI is InChI=1S/C35H35ClF2N4O4S/c1-19-13-24(29-28(39-19)26(17-47-29)32(44)45)23-14-21(36)3-4-27(23)46-12-11-42-20(2)40-30-25(31(42)43)15-22(16-33(30)5-6-33)41-9-7-34(8-10-41)18-35(34,37)38/h3-4,13-14,17,22H,5-12,15-16,18H2,1-2H3,(H,44,45)/t22-/m0/s1. The summed E-state index contributed by atoms with van der Waals surface area (Å²) >= 11 is 7.74. The van der Waals surface area contributed by atoms with E-state index in [0.29, 0.717) is 72.3 Å². The Hall–Kier alpha value is -3.41. The van der Waals surface area contributed by atoms with Crippen molar-refractivity contribution in [1.29, 1.82) is 0 Å². The predicted octanol–water partition coefficient (Wildman–Crippen LogP) is 7.04. The minimum atomic E-state index is -2.52. The van der Waals surface area contributed by atoms with E-state index in [0.717, 1.165) is 40.8 Å². The molecule has 12 heteroatoms. The number of hydrogen-bond acceptors (Lipinski definition) is 7. The SMILES string of the molecule is Cc1cc(-c2cc(Cl)ccc2OCCn2c(C)nc3c(c2=O)C[C@H](N2CCC4(CC2)CC4(F)F)CC32CC2)c2scc(C(=O)O)c2n1. The first kappa shape index (κ1) is 30.9. The second kappa shape index (κ2) is 10.8. The molecule has 0 unspecified atom stereocenters. The second-order valence-electron chi connectivity index (χ2n) is 13.9. The number of carbonyl (C=O) groups is 1. The van der Waals surface area contributed by atoms with Gasteiger partial charge in [-0.05, 0) is 89.7 Å². The highest BCUT2D eigenvalue weighted by Crippen LogP contribution is 2.66. The van der Waals surface area contributed by atoms with Crippen molar-refractivity contribution in [2.75, 3.05) is 19.7 Å². The van der Waals surface area contributed by atoms with E-state index in [1.54, 1.807) is 28.1 Å². The van der Waals surface area contributed by atoms with E-state index < -0.39 is 17.3 Å². The van der Waals surface area contributed by atoms with Gasteiger partial charge in [-0.2, -0.15) is 0 Å². The Morgan fingerprint density at radius 2 is 1.87 bits per heavy atom. The Morgan fingerprint density at radius 3 is 2.55 bits per heavy atom. The number of aromatic carboxylic acids is 1. The first-order valence-corrected chi connectivity index (χ1v) is 17.4. The van der Waals surface area contributed by atoms with Crippen molar-refractivity contribution in [3.8, 4) is 16.9 Å². The number of nitrogens with zero attached hydrogens (tertiary/aromatic N) is 4. The quantitative estimate of drug-likeness (QED) is 0.224. The molecule has 0 bridgehead atoms. The monoisotopic (exact) mass is 680 g/mol. The van der Waals surface area contributed by atoms with Crippen LogP contribution in [0, 0.1) is 19.3 Å². The third kappa shape index (κ3) is 5.07. The molecular weight excluding hydrogens is 646 g/mol. The summed E-state index contributed by atoms with van der Waals surface area (Å²) in [5.74, 6) is -2.34. The number of fused-ring (bicyclic) bond motifs is 3. The average Bonchev–Trinajstić information content (AvgIpc) is 3.84. The molecule has 3 aromatic heterocycles. The van der Waals surface area contributed by atoms with Crippen LogP contribution in [0.2, 0.25) is 5.02 Å². The highest BCUT2D eigenvalue weighted by Gasteiger charge is 2.70. The highest BCUT2D eigenvalue weighted by molar-refractivity contribution is 7.18. The van der Waals surface area contributed by atoms with Crippen molar-refractivity contribution >= 4 is 39.1 Å². The summed E-state index contributed by atoms with van der Waals surface area (Å²) in [7, 11) is 0. The first-order valence-electron chi connectivity index (χ1n) is 16.2. The van der Waals surface area contributed by atoms with E-state index in [1.807, 2.05) is 19.9 Å². The van der Waals surface area contributed by atoms with Gasteiger partial charge in [0.25, 0.3) is 11.5 Å². The maximum atomic E-state index is 14.1. The molecule has 246 valence electrons. The number of likely N-dealkylation sites (tertiary alicyclic amines) is 1. The molecule has 0 radical (unpaired) electrons. The van der Waals surface area contributed by atoms with Gasteiger partial charge >= 0.3 is 5.97 Å². The molecule has 1 aliphatic heterocycles. The van der Waals surface area contributed by atoms with E-state index in [2.05, 4.69) is 9.88 Å². The van der Waals surface area contributed by atoms with Crippen LogP contribution in [0.4, 0.5) is 8.78 Å². The number of alkyl halides is 2. The fourth-order valence-electron chi connectivity index (χ4n) is 8.11. The van der Waals surface area contributed by atoms with Gasteiger partial charge in [-0.25, -0.2) is 18.6 Å². The fourth-order valence-corrected chi connectivity index (χ4v) is 9.29. The van der Waals surface area contributed by atoms with Gasteiger partial charge in [-0.1, -0.05) is 11.6 Å². The van der Waals surface area contributed by atoms with Crippen molar-refractivity contribution in [2.45, 2.75) is 82.7 Å². The Kier molecular flexibility index (Phi) is 7.10. The zero-order chi connectivity index (χ0) is 32.9. The number of carboxylic acids is 1. The molecule has 1 N–H and O–H groups in total. The molecule has 3 aliphatic carbocycles. The Morgan fingerprint density at radius 1 is 1.13 bits per heavy atom. The van der Waals surface area contributed by atoms with Gasteiger partial charge in [0.2, 0.25) is 0 Å². The van der Waals surface area contributed by atoms with Crippen LogP contribution in [0.1, 0.15) is 71.7 Å². The number of halogens is 3. The van der Waals surface area contributed by atoms with E-state index in [9.17, 15) is 23.5 Å². The predicted molar refractivity (Wildman–Crippen MR) is 176 cm³/mol. The smallest absolute Gasteiger partial charge is 0.338 e. The molecule has 4 aromatic rings. The van der Waals surface area contributed by atoms with Crippen LogP contribution < -0.4 is 10.3 Å². The number of aromatic nitrogens is 3. The topological polar surface area (TPSA) is 97.6 Å². The summed E-state index contributed by atoms with van der Waals surface area (Å²) in [6.45, 7) is 5.49. The molecular formula is C35H35ClF2N4O4S. The molecule has 4 heterocycles. The van der Waals surface area contributed by atoms with E-state index >= 15 is 0 Å². The van der Waals surface area contributed by atoms with Crippen LogP contribution in [0.25, 0.3) is 21.3 Å². The number of pyridine rings is 1. The van der Waals surface area contributed by atoms with Crippen LogP contribution >= 0.6 is 22.9 Å². The zero-order valence-electron chi connectivity index (χ0n) is 26.2. The van der Waals surface area contributed by atoms with Crippen LogP contribution in [-0.4, -0.2) is 62.2 Å². The third-order valence-corrected chi connectivity index (χ3v) is 12.3. The highest BCUT2D eigenvalue weighted by atomic mass is 35.5. The summed E-state index contributed by atoms with van der Waals surface area (Å²) in [5.41, 5.74) is 3.51.